The lowest BCUT2D eigenvalue weighted by molar-refractivity contribution is -0.141. The van der Waals surface area contributed by atoms with Gasteiger partial charge in [-0.25, -0.2) is 0 Å². The van der Waals surface area contributed by atoms with Gasteiger partial charge in [-0.3, -0.25) is 4.79 Å². The minimum Gasteiger partial charge on any atom is -0.469 e. The molecule has 1 unspecified atom stereocenters. The predicted molar refractivity (Wildman–Crippen MR) is 51.5 cm³/mol. The first kappa shape index (κ1) is 10.5. The van der Waals surface area contributed by atoms with Gasteiger partial charge >= 0.3 is 5.97 Å². The summed E-state index contributed by atoms with van der Waals surface area (Å²) in [5.74, 6) is -0.127. The largest absolute Gasteiger partial charge is 0.469 e. The molecule has 0 heterocycles. The van der Waals surface area contributed by atoms with Crippen molar-refractivity contribution in [3.05, 3.63) is 0 Å². The Labute approximate surface area is 79.8 Å². The minimum absolute atomic E-state index is 0.127. The van der Waals surface area contributed by atoms with E-state index >= 15 is 0 Å². The molecule has 76 valence electrons. The van der Waals surface area contributed by atoms with E-state index in [1.165, 1.54) is 32.8 Å². The first-order valence-corrected chi connectivity index (χ1v) is 5.05. The Bertz CT molecular complexity index is 164. The highest BCUT2D eigenvalue weighted by molar-refractivity contribution is 5.69. The molecule has 0 radical (unpaired) electrons. The van der Waals surface area contributed by atoms with Crippen LogP contribution < -0.4 is 5.32 Å². The van der Waals surface area contributed by atoms with Crippen molar-refractivity contribution in [2.75, 3.05) is 7.11 Å². The number of hydrogen-bond acceptors (Lipinski definition) is 3. The standard InChI is InChI=1S/C10H19NO2/c1-8(7-10(12)13-2)11-9-5-3-4-6-9/h8-9,11H,3-7H2,1-2H3. The van der Waals surface area contributed by atoms with Gasteiger partial charge in [-0.1, -0.05) is 12.8 Å². The highest BCUT2D eigenvalue weighted by Crippen LogP contribution is 2.18. The monoisotopic (exact) mass is 185 g/mol. The average Bonchev–Trinajstić information content (AvgIpc) is 2.56. The number of rotatable bonds is 4. The zero-order valence-electron chi connectivity index (χ0n) is 8.51. The number of nitrogens with one attached hydrogen (secondary N) is 1. The van der Waals surface area contributed by atoms with Crippen LogP contribution in [0.2, 0.25) is 0 Å². The summed E-state index contributed by atoms with van der Waals surface area (Å²) in [4.78, 5) is 10.9. The Kier molecular flexibility index (Phi) is 4.22. The van der Waals surface area contributed by atoms with Crippen LogP contribution in [0.4, 0.5) is 0 Å². The third-order valence-electron chi connectivity index (χ3n) is 2.58. The topological polar surface area (TPSA) is 38.3 Å². The third kappa shape index (κ3) is 3.77. The van der Waals surface area contributed by atoms with Crippen LogP contribution in [0, 0.1) is 0 Å². The summed E-state index contributed by atoms with van der Waals surface area (Å²) < 4.78 is 4.61. The third-order valence-corrected chi connectivity index (χ3v) is 2.58. The average molecular weight is 185 g/mol. The van der Waals surface area contributed by atoms with Crippen LogP contribution in [-0.2, 0) is 9.53 Å². The van der Waals surface area contributed by atoms with E-state index in [1.54, 1.807) is 0 Å². The molecule has 0 aliphatic heterocycles. The van der Waals surface area contributed by atoms with E-state index in [-0.39, 0.29) is 12.0 Å². The van der Waals surface area contributed by atoms with Crippen molar-refractivity contribution in [1.82, 2.24) is 5.32 Å². The number of carbonyl (C=O) groups is 1. The molecule has 0 aromatic rings. The zero-order valence-corrected chi connectivity index (χ0v) is 8.51. The fourth-order valence-electron chi connectivity index (χ4n) is 1.89. The van der Waals surface area contributed by atoms with Crippen LogP contribution >= 0.6 is 0 Å². The molecular weight excluding hydrogens is 166 g/mol. The molecule has 13 heavy (non-hydrogen) atoms. The van der Waals surface area contributed by atoms with E-state index in [0.29, 0.717) is 12.5 Å². The Hall–Kier alpha value is -0.570. The molecule has 1 atom stereocenters. The first-order valence-electron chi connectivity index (χ1n) is 5.05. The molecule has 1 aliphatic carbocycles. The van der Waals surface area contributed by atoms with E-state index in [1.807, 2.05) is 6.92 Å². The number of methoxy groups -OCH3 is 1. The fourth-order valence-corrected chi connectivity index (χ4v) is 1.89. The fraction of sp³-hybridized carbons (Fsp3) is 0.900. The summed E-state index contributed by atoms with van der Waals surface area (Å²) in [6.07, 6.45) is 5.63. The Morgan fingerprint density at radius 3 is 2.69 bits per heavy atom. The maximum Gasteiger partial charge on any atom is 0.307 e. The molecule has 0 aromatic heterocycles. The van der Waals surface area contributed by atoms with Crippen LogP contribution in [0.5, 0.6) is 0 Å². The second-order valence-electron chi connectivity index (χ2n) is 3.83. The molecule has 1 aliphatic rings. The van der Waals surface area contributed by atoms with E-state index in [9.17, 15) is 4.79 Å². The van der Waals surface area contributed by atoms with E-state index in [2.05, 4.69) is 10.1 Å². The number of hydrogen-bond donors (Lipinski definition) is 1. The van der Waals surface area contributed by atoms with Gasteiger partial charge in [0, 0.05) is 12.1 Å². The predicted octanol–water partition coefficient (Wildman–Crippen LogP) is 1.47. The Balaban J connectivity index is 2.16. The van der Waals surface area contributed by atoms with E-state index in [4.69, 9.17) is 0 Å². The molecular formula is C10H19NO2. The molecule has 0 amide bonds. The van der Waals surface area contributed by atoms with Crippen LogP contribution in [0.15, 0.2) is 0 Å². The molecule has 0 spiro atoms. The molecule has 3 heteroatoms. The lowest BCUT2D eigenvalue weighted by Gasteiger charge is -2.17. The first-order chi connectivity index (χ1) is 6.22. The van der Waals surface area contributed by atoms with Crippen molar-refractivity contribution in [3.63, 3.8) is 0 Å². The minimum atomic E-state index is -0.127. The summed E-state index contributed by atoms with van der Waals surface area (Å²) in [5.41, 5.74) is 0. The summed E-state index contributed by atoms with van der Waals surface area (Å²) in [6.45, 7) is 2.04. The van der Waals surface area contributed by atoms with Crippen LogP contribution in [-0.4, -0.2) is 25.2 Å². The Morgan fingerprint density at radius 1 is 1.54 bits per heavy atom. The van der Waals surface area contributed by atoms with Gasteiger partial charge in [0.05, 0.1) is 13.5 Å². The maximum absolute atomic E-state index is 10.9. The van der Waals surface area contributed by atoms with Crippen molar-refractivity contribution in [3.8, 4) is 0 Å². The van der Waals surface area contributed by atoms with Crippen molar-refractivity contribution in [2.24, 2.45) is 0 Å². The van der Waals surface area contributed by atoms with Gasteiger partial charge in [0.15, 0.2) is 0 Å². The highest BCUT2D eigenvalue weighted by atomic mass is 16.5. The highest BCUT2D eigenvalue weighted by Gasteiger charge is 2.18. The molecule has 1 fully saturated rings. The maximum atomic E-state index is 10.9. The lowest BCUT2D eigenvalue weighted by atomic mass is 10.2. The van der Waals surface area contributed by atoms with E-state index in [0.717, 1.165) is 0 Å². The lowest BCUT2D eigenvalue weighted by Crippen LogP contribution is -2.36. The van der Waals surface area contributed by atoms with E-state index < -0.39 is 0 Å². The normalized spacial score (nSPS) is 20.2. The molecule has 0 bridgehead atoms. The smallest absolute Gasteiger partial charge is 0.307 e. The zero-order chi connectivity index (χ0) is 9.68. The summed E-state index contributed by atoms with van der Waals surface area (Å²) >= 11 is 0. The quantitative estimate of drug-likeness (QED) is 0.674. The Morgan fingerprint density at radius 2 is 2.15 bits per heavy atom. The van der Waals surface area contributed by atoms with Gasteiger partial charge in [0.2, 0.25) is 0 Å². The van der Waals surface area contributed by atoms with Gasteiger partial charge in [-0.2, -0.15) is 0 Å². The number of carbonyl (C=O) groups excluding carboxylic acids is 1. The molecule has 0 saturated heterocycles. The second-order valence-corrected chi connectivity index (χ2v) is 3.83. The second kappa shape index (κ2) is 5.22. The van der Waals surface area contributed by atoms with Crippen LogP contribution in [0.1, 0.15) is 39.0 Å². The van der Waals surface area contributed by atoms with Gasteiger partial charge in [0.25, 0.3) is 0 Å². The van der Waals surface area contributed by atoms with Gasteiger partial charge in [-0.05, 0) is 19.8 Å². The number of esters is 1. The molecule has 3 nitrogen and oxygen atoms in total. The van der Waals surface area contributed by atoms with Crippen LogP contribution in [0.25, 0.3) is 0 Å². The van der Waals surface area contributed by atoms with Gasteiger partial charge < -0.3 is 10.1 Å². The van der Waals surface area contributed by atoms with Crippen molar-refractivity contribution < 1.29 is 9.53 Å². The van der Waals surface area contributed by atoms with Crippen LogP contribution in [0.3, 0.4) is 0 Å². The summed E-state index contributed by atoms with van der Waals surface area (Å²) in [5, 5.41) is 3.44. The molecule has 1 rings (SSSR count). The molecule has 1 saturated carbocycles. The van der Waals surface area contributed by atoms with Crippen molar-refractivity contribution >= 4 is 5.97 Å². The number of ether oxygens (including phenoxy) is 1. The summed E-state index contributed by atoms with van der Waals surface area (Å²) in [7, 11) is 1.44. The summed E-state index contributed by atoms with van der Waals surface area (Å²) in [6, 6.07) is 0.871. The van der Waals surface area contributed by atoms with Gasteiger partial charge in [-0.15, -0.1) is 0 Å². The molecule has 0 aromatic carbocycles. The molecule has 1 N–H and O–H groups in total. The van der Waals surface area contributed by atoms with Gasteiger partial charge in [0.1, 0.15) is 0 Å². The van der Waals surface area contributed by atoms with Crippen molar-refractivity contribution in [2.45, 2.75) is 51.1 Å². The SMILES string of the molecule is COC(=O)CC(C)NC1CCCC1. The van der Waals surface area contributed by atoms with Crippen molar-refractivity contribution in [1.29, 1.82) is 0 Å².